The molecule has 1 amide bonds. The van der Waals surface area contributed by atoms with Crippen LogP contribution >= 0.6 is 0 Å². The van der Waals surface area contributed by atoms with Crippen LogP contribution in [0.1, 0.15) is 0 Å². The van der Waals surface area contributed by atoms with Crippen LogP contribution in [0, 0.1) is 11.3 Å². The summed E-state index contributed by atoms with van der Waals surface area (Å²) in [5.74, 6) is -0.939. The van der Waals surface area contributed by atoms with E-state index < -0.39 is 11.6 Å². The Labute approximate surface area is 78.5 Å². The van der Waals surface area contributed by atoms with Gasteiger partial charge in [0.25, 0.3) is 5.91 Å². The molecule has 0 radical (unpaired) electrons. The quantitative estimate of drug-likeness (QED) is 0.467. The van der Waals surface area contributed by atoms with Crippen molar-refractivity contribution in [3.8, 4) is 6.07 Å². The fourth-order valence-electron chi connectivity index (χ4n) is 0.575. The van der Waals surface area contributed by atoms with Gasteiger partial charge in [0, 0.05) is 6.20 Å². The molecule has 14 heavy (non-hydrogen) atoms. The number of aromatic nitrogens is 3. The molecule has 1 rings (SSSR count). The third-order valence-corrected chi connectivity index (χ3v) is 1.16. The number of hydrogen-bond acceptors (Lipinski definition) is 6. The number of nitrogens with two attached hydrogens (primary N) is 1. The van der Waals surface area contributed by atoms with Crippen molar-refractivity contribution in [1.29, 1.82) is 5.26 Å². The van der Waals surface area contributed by atoms with Crippen LogP contribution in [-0.4, -0.2) is 26.6 Å². The van der Waals surface area contributed by atoms with Crippen molar-refractivity contribution in [2.24, 2.45) is 10.9 Å². The maximum Gasteiger partial charge on any atom is 0.281 e. The molecule has 0 saturated carbocycles. The molecule has 0 aliphatic rings. The summed E-state index contributed by atoms with van der Waals surface area (Å²) < 4.78 is 1.32. The second-order valence-electron chi connectivity index (χ2n) is 2.12. The van der Waals surface area contributed by atoms with Crippen LogP contribution in [0.2, 0.25) is 0 Å². The molecule has 2 N–H and O–H groups in total. The molecule has 0 unspecified atom stereocenters. The van der Waals surface area contributed by atoms with Gasteiger partial charge in [0.05, 0.1) is 6.20 Å². The Morgan fingerprint density at radius 2 is 2.57 bits per heavy atom. The van der Waals surface area contributed by atoms with Crippen LogP contribution in [0.25, 0.3) is 0 Å². The molecule has 0 atom stereocenters. The third-order valence-electron chi connectivity index (χ3n) is 1.16. The lowest BCUT2D eigenvalue weighted by Crippen LogP contribution is -2.22. The van der Waals surface area contributed by atoms with Gasteiger partial charge in [-0.2, -0.15) is 5.26 Å². The van der Waals surface area contributed by atoms with Crippen molar-refractivity contribution in [2.75, 3.05) is 0 Å². The summed E-state index contributed by atoms with van der Waals surface area (Å²) in [6.45, 7) is -0.0432. The number of rotatable bonds is 4. The first-order chi connectivity index (χ1) is 6.74. The lowest BCUT2D eigenvalue weighted by atomic mass is 10.4. The standard InChI is InChI=1S/C6H6N6O2/c7-3-5(6(8)13)10-14-4-12-2-1-9-11-12/h1-2H,4H2,(H2,8,13). The Balaban J connectivity index is 2.47. The van der Waals surface area contributed by atoms with Gasteiger partial charge in [-0.15, -0.1) is 5.10 Å². The van der Waals surface area contributed by atoms with E-state index in [1.807, 2.05) is 0 Å². The van der Waals surface area contributed by atoms with Gasteiger partial charge >= 0.3 is 0 Å². The van der Waals surface area contributed by atoms with Crippen LogP contribution in [0.3, 0.4) is 0 Å². The van der Waals surface area contributed by atoms with Crippen molar-refractivity contribution >= 4 is 11.6 Å². The lowest BCUT2D eigenvalue weighted by molar-refractivity contribution is -0.112. The van der Waals surface area contributed by atoms with Crippen molar-refractivity contribution in [3.63, 3.8) is 0 Å². The molecule has 0 aliphatic heterocycles. The maximum atomic E-state index is 10.5. The monoisotopic (exact) mass is 194 g/mol. The number of carbonyl (C=O) groups is 1. The summed E-state index contributed by atoms with van der Waals surface area (Å²) in [6, 6.07) is 1.49. The van der Waals surface area contributed by atoms with E-state index in [1.54, 1.807) is 0 Å². The molecule has 0 aromatic carbocycles. The van der Waals surface area contributed by atoms with Crippen molar-refractivity contribution in [1.82, 2.24) is 15.0 Å². The van der Waals surface area contributed by atoms with E-state index in [0.29, 0.717) is 0 Å². The van der Waals surface area contributed by atoms with Gasteiger partial charge in [-0.1, -0.05) is 10.4 Å². The molecule has 0 bridgehead atoms. The van der Waals surface area contributed by atoms with E-state index in [4.69, 9.17) is 11.0 Å². The van der Waals surface area contributed by atoms with Crippen LogP contribution in [0.15, 0.2) is 17.5 Å². The third kappa shape index (κ3) is 2.56. The molecule has 72 valence electrons. The smallest absolute Gasteiger partial charge is 0.281 e. The number of nitriles is 1. The van der Waals surface area contributed by atoms with Crippen LogP contribution in [0.5, 0.6) is 0 Å². The second kappa shape index (κ2) is 4.56. The average molecular weight is 194 g/mol. The Kier molecular flexibility index (Phi) is 3.15. The minimum Gasteiger partial charge on any atom is -0.370 e. The van der Waals surface area contributed by atoms with Crippen LogP contribution < -0.4 is 5.73 Å². The fourth-order valence-corrected chi connectivity index (χ4v) is 0.575. The molecule has 0 aliphatic carbocycles. The number of nitrogens with zero attached hydrogens (tertiary/aromatic N) is 5. The zero-order chi connectivity index (χ0) is 10.4. The summed E-state index contributed by atoms with van der Waals surface area (Å²) in [7, 11) is 0. The van der Waals surface area contributed by atoms with E-state index in [9.17, 15) is 4.79 Å². The highest BCUT2D eigenvalue weighted by atomic mass is 16.6. The number of amides is 1. The Hall–Kier alpha value is -2.43. The SMILES string of the molecule is N#CC(=NOCn1ccnn1)C(N)=O. The summed E-state index contributed by atoms with van der Waals surface area (Å²) >= 11 is 0. The number of carbonyl (C=O) groups excluding carboxylic acids is 1. The molecule has 0 saturated heterocycles. The van der Waals surface area contributed by atoms with Crippen LogP contribution in [0.4, 0.5) is 0 Å². The van der Waals surface area contributed by atoms with Gasteiger partial charge in [0.2, 0.25) is 12.4 Å². The molecule has 1 aromatic rings. The largest absolute Gasteiger partial charge is 0.370 e. The first-order valence-corrected chi connectivity index (χ1v) is 3.48. The van der Waals surface area contributed by atoms with Crippen molar-refractivity contribution in [3.05, 3.63) is 12.4 Å². The maximum absolute atomic E-state index is 10.5. The predicted octanol–water partition coefficient (Wildman–Crippen LogP) is -1.38. The summed E-state index contributed by atoms with van der Waals surface area (Å²) in [6.07, 6.45) is 2.98. The molecular weight excluding hydrogens is 188 g/mol. The van der Waals surface area contributed by atoms with E-state index in [0.717, 1.165) is 0 Å². The molecule has 1 heterocycles. The first-order valence-electron chi connectivity index (χ1n) is 3.48. The van der Waals surface area contributed by atoms with Crippen molar-refractivity contribution < 1.29 is 9.63 Å². The Bertz CT molecular complexity index is 376. The fraction of sp³-hybridized carbons (Fsp3) is 0.167. The minimum atomic E-state index is -0.939. The topological polar surface area (TPSA) is 119 Å². The minimum absolute atomic E-state index is 0.0432. The molecule has 8 heteroatoms. The van der Waals surface area contributed by atoms with E-state index in [-0.39, 0.29) is 6.73 Å². The highest BCUT2D eigenvalue weighted by molar-refractivity contribution is 6.44. The van der Waals surface area contributed by atoms with Gasteiger partial charge in [0.15, 0.2) is 0 Å². The zero-order valence-electron chi connectivity index (χ0n) is 6.99. The van der Waals surface area contributed by atoms with Crippen LogP contribution in [-0.2, 0) is 16.4 Å². The highest BCUT2D eigenvalue weighted by Crippen LogP contribution is 1.85. The summed E-state index contributed by atoms with van der Waals surface area (Å²) in [5.41, 5.74) is 4.30. The average Bonchev–Trinajstić information content (AvgIpc) is 2.64. The predicted molar refractivity (Wildman–Crippen MR) is 43.3 cm³/mol. The Morgan fingerprint density at radius 3 is 3.07 bits per heavy atom. The van der Waals surface area contributed by atoms with Crippen molar-refractivity contribution in [2.45, 2.75) is 6.73 Å². The summed E-state index contributed by atoms with van der Waals surface area (Å²) in [4.78, 5) is 15.1. The number of hydrogen-bond donors (Lipinski definition) is 1. The zero-order valence-corrected chi connectivity index (χ0v) is 6.99. The van der Waals surface area contributed by atoms with Gasteiger partial charge in [-0.3, -0.25) is 4.79 Å². The van der Waals surface area contributed by atoms with Gasteiger partial charge in [-0.05, 0) is 0 Å². The number of oxime groups is 1. The molecular formula is C6H6N6O2. The Morgan fingerprint density at radius 1 is 1.79 bits per heavy atom. The van der Waals surface area contributed by atoms with Gasteiger partial charge in [0.1, 0.15) is 6.07 Å². The van der Waals surface area contributed by atoms with Gasteiger partial charge in [-0.25, -0.2) is 4.68 Å². The first kappa shape index (κ1) is 9.66. The van der Waals surface area contributed by atoms with Gasteiger partial charge < -0.3 is 10.6 Å². The highest BCUT2D eigenvalue weighted by Gasteiger charge is 2.05. The molecule has 1 aromatic heterocycles. The number of primary amides is 1. The second-order valence-corrected chi connectivity index (χ2v) is 2.12. The molecule has 8 nitrogen and oxygen atoms in total. The molecule has 0 fully saturated rings. The van der Waals surface area contributed by atoms with E-state index in [1.165, 1.54) is 23.1 Å². The molecule has 0 spiro atoms. The normalized spacial score (nSPS) is 10.6. The van der Waals surface area contributed by atoms with E-state index in [2.05, 4.69) is 20.3 Å². The van der Waals surface area contributed by atoms with E-state index >= 15 is 0 Å². The lowest BCUT2D eigenvalue weighted by Gasteiger charge is -1.97. The summed E-state index contributed by atoms with van der Waals surface area (Å²) in [5, 5.41) is 18.6.